The molecular weight excluding hydrogens is 530 g/mol. The molecule has 0 amide bonds. The number of pyridine rings is 1. The van der Waals surface area contributed by atoms with Crippen molar-refractivity contribution >= 4 is 28.4 Å². The maximum absolute atomic E-state index is 13.3. The van der Waals surface area contributed by atoms with Crippen LogP contribution in [-0.2, 0) is 12.1 Å². The summed E-state index contributed by atoms with van der Waals surface area (Å²) in [4.78, 5) is 32.0. The summed E-state index contributed by atoms with van der Waals surface area (Å²) in [6.45, 7) is 13.8. The zero-order chi connectivity index (χ0) is 29.7. The quantitative estimate of drug-likeness (QED) is 0.174. The first-order chi connectivity index (χ1) is 20.3. The Morgan fingerprint density at radius 3 is 2.50 bits per heavy atom. The average molecular weight is 572 g/mol. The number of aliphatic hydroxyl groups is 1. The highest BCUT2D eigenvalue weighted by atomic mass is 16.3. The van der Waals surface area contributed by atoms with Crippen LogP contribution in [0.1, 0.15) is 32.4 Å². The molecule has 1 aromatic carbocycles. The third kappa shape index (κ3) is 6.53. The van der Waals surface area contributed by atoms with E-state index in [1.54, 1.807) is 42.8 Å². The van der Waals surface area contributed by atoms with Crippen molar-refractivity contribution in [3.63, 3.8) is 0 Å². The summed E-state index contributed by atoms with van der Waals surface area (Å²) in [5.74, 6) is 0.834. The molecule has 3 aromatic heterocycles. The number of fused-ring (bicyclic) bond motifs is 1. The summed E-state index contributed by atoms with van der Waals surface area (Å²) in [6, 6.07) is 13.6. The molecule has 0 bridgehead atoms. The summed E-state index contributed by atoms with van der Waals surface area (Å²) < 4.78 is 3.18. The third-order valence-corrected chi connectivity index (χ3v) is 7.57. The molecule has 0 aliphatic carbocycles. The van der Waals surface area contributed by atoms with Crippen LogP contribution in [0.3, 0.4) is 0 Å². The molecule has 4 heterocycles. The van der Waals surface area contributed by atoms with E-state index in [1.165, 1.54) is 29.4 Å². The first kappa shape index (κ1) is 29.4. The van der Waals surface area contributed by atoms with E-state index in [-0.39, 0.29) is 12.1 Å². The molecule has 1 fully saturated rings. The van der Waals surface area contributed by atoms with Crippen molar-refractivity contribution in [3.05, 3.63) is 77.4 Å². The first-order valence-electron chi connectivity index (χ1n) is 14.6. The van der Waals surface area contributed by atoms with Gasteiger partial charge in [0.05, 0.1) is 12.2 Å². The number of piperazine rings is 1. The minimum Gasteiger partial charge on any atom is -0.384 e. The van der Waals surface area contributed by atoms with Crippen LogP contribution in [0.5, 0.6) is 0 Å². The second-order valence-corrected chi connectivity index (χ2v) is 11.2. The van der Waals surface area contributed by atoms with Crippen LogP contribution in [0.4, 0.5) is 17.3 Å². The zero-order valence-electron chi connectivity index (χ0n) is 24.8. The summed E-state index contributed by atoms with van der Waals surface area (Å²) >= 11 is 0. The van der Waals surface area contributed by atoms with Crippen LogP contribution in [-0.4, -0.2) is 80.6 Å². The highest BCUT2D eigenvalue weighted by molar-refractivity contribution is 5.77. The number of hydrogen-bond acceptors (Lipinski definition) is 9. The Balaban J connectivity index is 1.34. The lowest BCUT2D eigenvalue weighted by Gasteiger charge is -2.36. The SMILES string of the molecule is C=CCn1c(=O)c2cnc(Nc3ccc(N4CCN(CCCCNC)CC4)cc3)nc2n1-c1cccc(C(C)(C)O)n1. The number of nitrogens with one attached hydrogen (secondary N) is 2. The van der Waals surface area contributed by atoms with Crippen molar-refractivity contribution in [3.8, 4) is 5.82 Å². The number of hydrogen-bond donors (Lipinski definition) is 3. The van der Waals surface area contributed by atoms with Crippen LogP contribution < -0.4 is 21.1 Å². The molecule has 11 heteroatoms. The molecule has 3 N–H and O–H groups in total. The summed E-state index contributed by atoms with van der Waals surface area (Å²) in [5.41, 5.74) is 1.56. The van der Waals surface area contributed by atoms with E-state index in [0.717, 1.165) is 45.0 Å². The molecule has 0 spiro atoms. The molecule has 0 radical (unpaired) electrons. The lowest BCUT2D eigenvalue weighted by Crippen LogP contribution is -2.46. The fourth-order valence-electron chi connectivity index (χ4n) is 5.24. The van der Waals surface area contributed by atoms with Gasteiger partial charge in [-0.2, -0.15) is 4.98 Å². The van der Waals surface area contributed by atoms with Gasteiger partial charge in [-0.15, -0.1) is 6.58 Å². The second-order valence-electron chi connectivity index (χ2n) is 11.2. The minimum absolute atomic E-state index is 0.241. The van der Waals surface area contributed by atoms with Gasteiger partial charge in [-0.3, -0.25) is 9.69 Å². The molecule has 0 saturated carbocycles. The van der Waals surface area contributed by atoms with Crippen molar-refractivity contribution in [2.45, 2.75) is 38.8 Å². The molecule has 0 unspecified atom stereocenters. The van der Waals surface area contributed by atoms with Crippen molar-refractivity contribution in [1.82, 2.24) is 34.5 Å². The molecular formula is C31H41N9O2. The predicted octanol–water partition coefficient (Wildman–Crippen LogP) is 3.26. The fourth-order valence-corrected chi connectivity index (χ4v) is 5.24. The van der Waals surface area contributed by atoms with E-state index in [9.17, 15) is 9.90 Å². The molecule has 1 saturated heterocycles. The number of benzene rings is 1. The van der Waals surface area contributed by atoms with Gasteiger partial charge in [0.25, 0.3) is 5.56 Å². The van der Waals surface area contributed by atoms with Gasteiger partial charge in [0, 0.05) is 43.8 Å². The highest BCUT2D eigenvalue weighted by Gasteiger charge is 2.22. The van der Waals surface area contributed by atoms with Crippen molar-refractivity contribution in [2.75, 3.05) is 56.5 Å². The molecule has 11 nitrogen and oxygen atoms in total. The van der Waals surface area contributed by atoms with E-state index in [0.29, 0.717) is 28.5 Å². The number of anilines is 3. The zero-order valence-corrected chi connectivity index (χ0v) is 24.8. The topological polar surface area (TPSA) is 116 Å². The van der Waals surface area contributed by atoms with Gasteiger partial charge < -0.3 is 20.6 Å². The smallest absolute Gasteiger partial charge is 0.278 e. The lowest BCUT2D eigenvalue weighted by molar-refractivity contribution is 0.0738. The maximum Gasteiger partial charge on any atom is 0.278 e. The van der Waals surface area contributed by atoms with Gasteiger partial charge in [-0.1, -0.05) is 12.1 Å². The van der Waals surface area contributed by atoms with Crippen molar-refractivity contribution in [1.29, 1.82) is 0 Å². The molecule has 1 aliphatic rings. The predicted molar refractivity (Wildman–Crippen MR) is 168 cm³/mol. The number of nitrogens with zero attached hydrogens (tertiary/aromatic N) is 7. The summed E-state index contributed by atoms with van der Waals surface area (Å²) in [7, 11) is 2.00. The van der Waals surface area contributed by atoms with Gasteiger partial charge in [0.2, 0.25) is 5.95 Å². The Morgan fingerprint density at radius 2 is 1.81 bits per heavy atom. The minimum atomic E-state index is -1.14. The van der Waals surface area contributed by atoms with Crippen molar-refractivity contribution < 1.29 is 5.11 Å². The van der Waals surface area contributed by atoms with Gasteiger partial charge >= 0.3 is 0 Å². The number of aromatic nitrogens is 5. The maximum atomic E-state index is 13.3. The Labute approximate surface area is 246 Å². The largest absolute Gasteiger partial charge is 0.384 e. The Kier molecular flexibility index (Phi) is 9.00. The molecule has 0 atom stereocenters. The van der Waals surface area contributed by atoms with E-state index in [4.69, 9.17) is 4.98 Å². The van der Waals surface area contributed by atoms with E-state index >= 15 is 0 Å². The average Bonchev–Trinajstić information content (AvgIpc) is 3.26. The van der Waals surface area contributed by atoms with Crippen LogP contribution in [0.2, 0.25) is 0 Å². The molecule has 42 heavy (non-hydrogen) atoms. The fraction of sp³-hybridized carbons (Fsp3) is 0.419. The molecule has 4 aromatic rings. The van der Waals surface area contributed by atoms with Gasteiger partial charge in [0.1, 0.15) is 11.0 Å². The number of rotatable bonds is 12. The van der Waals surface area contributed by atoms with Crippen molar-refractivity contribution in [2.24, 2.45) is 0 Å². The van der Waals surface area contributed by atoms with E-state index in [1.807, 2.05) is 19.2 Å². The van der Waals surface area contributed by atoms with Crippen LogP contribution >= 0.6 is 0 Å². The first-order valence-corrected chi connectivity index (χ1v) is 14.6. The van der Waals surface area contributed by atoms with E-state index in [2.05, 4.69) is 49.1 Å². The summed E-state index contributed by atoms with van der Waals surface area (Å²) in [5, 5.41) is 17.4. The molecule has 1 aliphatic heterocycles. The summed E-state index contributed by atoms with van der Waals surface area (Å²) in [6.07, 6.45) is 5.63. The van der Waals surface area contributed by atoms with Crippen LogP contribution in [0.15, 0.2) is 66.1 Å². The molecule has 222 valence electrons. The van der Waals surface area contributed by atoms with E-state index < -0.39 is 5.60 Å². The number of unbranched alkanes of at least 4 members (excludes halogenated alkanes) is 1. The van der Waals surface area contributed by atoms with Gasteiger partial charge in [0.15, 0.2) is 11.5 Å². The van der Waals surface area contributed by atoms with Crippen LogP contribution in [0, 0.1) is 0 Å². The standard InChI is InChI=1S/C31H41N9O2/c1-5-16-39-29(41)25-22-33-30(36-28(25)40(39)27-10-8-9-26(35-27)31(2,3)42)34-23-11-13-24(14-12-23)38-20-18-37(19-21-38)17-7-6-15-32-4/h5,8-14,22,32,42H,1,6-7,15-21H2,2-4H3,(H,33,34,36). The Hall–Kier alpha value is -4.06. The monoisotopic (exact) mass is 571 g/mol. The van der Waals surface area contributed by atoms with Crippen LogP contribution in [0.25, 0.3) is 16.9 Å². The number of allylic oxidation sites excluding steroid dienone is 1. The third-order valence-electron chi connectivity index (χ3n) is 7.57. The Morgan fingerprint density at radius 1 is 1.05 bits per heavy atom. The lowest BCUT2D eigenvalue weighted by atomic mass is 10.1. The van der Waals surface area contributed by atoms with Gasteiger partial charge in [-0.05, 0) is 83.2 Å². The van der Waals surface area contributed by atoms with Gasteiger partial charge in [-0.25, -0.2) is 19.3 Å². The normalized spacial score (nSPS) is 14.4. The Bertz CT molecular complexity index is 1560. The second kappa shape index (κ2) is 12.8. The molecule has 5 rings (SSSR count). The highest BCUT2D eigenvalue weighted by Crippen LogP contribution is 2.24.